The number of aromatic amines is 1. The third kappa shape index (κ3) is 3.48. The van der Waals surface area contributed by atoms with Crippen LogP contribution < -0.4 is 11.6 Å². The summed E-state index contributed by atoms with van der Waals surface area (Å²) in [4.78, 5) is 14.8. The molecule has 152 valence electrons. The maximum atomic E-state index is 5.83. The van der Waals surface area contributed by atoms with Crippen LogP contribution in [0.1, 0.15) is 30.5 Å². The summed E-state index contributed by atoms with van der Waals surface area (Å²) in [5.41, 5.74) is 11.7. The van der Waals surface area contributed by atoms with Gasteiger partial charge in [0.25, 0.3) is 0 Å². The monoisotopic (exact) mass is 399 g/mol. The summed E-state index contributed by atoms with van der Waals surface area (Å²) in [5.74, 6) is 5.52. The standard InChI is InChI=1S/C23H25N7/c24-22(29-25)20-11-18-19-10-17(12-27-23(19)28-21(18)13-26-20)16-6-4-15(5-7-16)14-30-8-2-1-3-9-30/h4-7,10-13H,1-3,8-9,14,25H2,(H2,24,29)(H,27,28). The molecule has 4 heterocycles. The van der Waals surface area contributed by atoms with Crippen LogP contribution in [0, 0.1) is 0 Å². The molecule has 1 saturated heterocycles. The number of aromatic nitrogens is 3. The summed E-state index contributed by atoms with van der Waals surface area (Å²) in [6.45, 7) is 3.44. The highest BCUT2D eigenvalue weighted by Gasteiger charge is 2.12. The van der Waals surface area contributed by atoms with E-state index < -0.39 is 0 Å². The highest BCUT2D eigenvalue weighted by atomic mass is 15.2. The van der Waals surface area contributed by atoms with E-state index in [2.05, 4.69) is 55.3 Å². The molecular weight excluding hydrogens is 374 g/mol. The molecule has 0 radical (unpaired) electrons. The molecule has 0 bridgehead atoms. The third-order valence-electron chi connectivity index (χ3n) is 5.88. The molecule has 3 aromatic heterocycles. The molecule has 0 aliphatic carbocycles. The number of H-pyrrole nitrogens is 1. The van der Waals surface area contributed by atoms with Crippen molar-refractivity contribution < 1.29 is 0 Å². The highest BCUT2D eigenvalue weighted by Crippen LogP contribution is 2.29. The fraction of sp³-hybridized carbons (Fsp3) is 0.261. The summed E-state index contributed by atoms with van der Waals surface area (Å²) in [5, 5.41) is 5.57. The first kappa shape index (κ1) is 18.6. The number of nitrogens with zero attached hydrogens (tertiary/aromatic N) is 4. The highest BCUT2D eigenvalue weighted by molar-refractivity contribution is 6.09. The van der Waals surface area contributed by atoms with Crippen molar-refractivity contribution in [2.24, 2.45) is 16.7 Å². The normalized spacial score (nSPS) is 15.8. The van der Waals surface area contributed by atoms with Crippen molar-refractivity contribution in [1.29, 1.82) is 0 Å². The molecule has 0 saturated carbocycles. The average molecular weight is 400 g/mol. The molecule has 0 unspecified atom stereocenters. The van der Waals surface area contributed by atoms with Crippen molar-refractivity contribution in [3.8, 4) is 11.1 Å². The lowest BCUT2D eigenvalue weighted by molar-refractivity contribution is 0.221. The van der Waals surface area contributed by atoms with Crippen LogP contribution in [-0.4, -0.2) is 38.8 Å². The number of nitrogens with one attached hydrogen (secondary N) is 1. The SMILES string of the molecule is N/N=C(\N)c1cc2c(cn1)[nH]c1ncc(-c3ccc(CN4CCCCC4)cc3)cc12. The second-order valence-electron chi connectivity index (χ2n) is 7.91. The Morgan fingerprint density at radius 2 is 1.77 bits per heavy atom. The number of piperidine rings is 1. The zero-order valence-corrected chi connectivity index (χ0v) is 16.8. The van der Waals surface area contributed by atoms with Crippen LogP contribution in [-0.2, 0) is 6.54 Å². The molecule has 1 aliphatic rings. The molecule has 7 heteroatoms. The molecule has 4 aromatic rings. The Labute approximate surface area is 174 Å². The molecule has 1 aromatic carbocycles. The second-order valence-corrected chi connectivity index (χ2v) is 7.91. The topological polar surface area (TPSA) is 109 Å². The number of benzene rings is 1. The van der Waals surface area contributed by atoms with Gasteiger partial charge in [-0.3, -0.25) is 9.88 Å². The Balaban J connectivity index is 1.47. The van der Waals surface area contributed by atoms with Crippen LogP contribution in [0.2, 0.25) is 0 Å². The lowest BCUT2D eigenvalue weighted by Gasteiger charge is -2.26. The summed E-state index contributed by atoms with van der Waals surface area (Å²) < 4.78 is 0. The number of fused-ring (bicyclic) bond motifs is 3. The van der Waals surface area contributed by atoms with Crippen molar-refractivity contribution in [3.05, 3.63) is 60.0 Å². The first-order chi connectivity index (χ1) is 14.7. The predicted octanol–water partition coefficient (Wildman–Crippen LogP) is 3.34. The van der Waals surface area contributed by atoms with E-state index in [-0.39, 0.29) is 5.84 Å². The maximum absolute atomic E-state index is 5.83. The van der Waals surface area contributed by atoms with Gasteiger partial charge in [-0.2, -0.15) is 5.10 Å². The molecule has 0 spiro atoms. The number of hydrogen-bond acceptors (Lipinski definition) is 5. The molecule has 7 nitrogen and oxygen atoms in total. The number of pyridine rings is 2. The molecule has 5 N–H and O–H groups in total. The molecule has 0 amide bonds. The van der Waals surface area contributed by atoms with Gasteiger partial charge < -0.3 is 16.6 Å². The van der Waals surface area contributed by atoms with Gasteiger partial charge in [0.2, 0.25) is 0 Å². The Morgan fingerprint density at radius 3 is 2.53 bits per heavy atom. The van der Waals surface area contributed by atoms with E-state index in [1.54, 1.807) is 6.20 Å². The number of hydrazone groups is 1. The minimum atomic E-state index is 0.208. The first-order valence-corrected chi connectivity index (χ1v) is 10.3. The Bertz CT molecular complexity index is 1220. The van der Waals surface area contributed by atoms with Gasteiger partial charge in [-0.25, -0.2) is 4.98 Å². The maximum Gasteiger partial charge on any atom is 0.168 e. The van der Waals surface area contributed by atoms with Gasteiger partial charge in [-0.05, 0) is 49.2 Å². The molecular formula is C23H25N7. The zero-order chi connectivity index (χ0) is 20.5. The van der Waals surface area contributed by atoms with Crippen LogP contribution in [0.15, 0.2) is 53.9 Å². The van der Waals surface area contributed by atoms with Crippen molar-refractivity contribution in [2.45, 2.75) is 25.8 Å². The summed E-state index contributed by atoms with van der Waals surface area (Å²) in [6.07, 6.45) is 7.63. The minimum Gasteiger partial charge on any atom is -0.380 e. The van der Waals surface area contributed by atoms with E-state index in [4.69, 9.17) is 11.6 Å². The molecule has 1 fully saturated rings. The fourth-order valence-corrected chi connectivity index (χ4v) is 4.22. The number of likely N-dealkylation sites (tertiary alicyclic amines) is 1. The Kier molecular flexibility index (Phi) is 4.80. The molecule has 1 aliphatic heterocycles. The second kappa shape index (κ2) is 7.76. The van der Waals surface area contributed by atoms with Gasteiger partial charge in [0.05, 0.1) is 11.7 Å². The van der Waals surface area contributed by atoms with Gasteiger partial charge in [0.1, 0.15) is 11.3 Å². The van der Waals surface area contributed by atoms with Gasteiger partial charge in [-0.15, -0.1) is 0 Å². The van der Waals surface area contributed by atoms with E-state index >= 15 is 0 Å². The smallest absolute Gasteiger partial charge is 0.168 e. The quantitative estimate of drug-likeness (QED) is 0.211. The number of nitrogens with two attached hydrogens (primary N) is 2. The van der Waals surface area contributed by atoms with E-state index in [0.717, 1.165) is 39.6 Å². The average Bonchev–Trinajstić information content (AvgIpc) is 3.17. The van der Waals surface area contributed by atoms with Gasteiger partial charge in [0.15, 0.2) is 5.84 Å². The van der Waals surface area contributed by atoms with Crippen LogP contribution >= 0.6 is 0 Å². The number of hydrogen-bond donors (Lipinski definition) is 3. The van der Waals surface area contributed by atoms with Crippen molar-refractivity contribution in [2.75, 3.05) is 13.1 Å². The van der Waals surface area contributed by atoms with Crippen LogP contribution in [0.4, 0.5) is 0 Å². The fourth-order valence-electron chi connectivity index (χ4n) is 4.22. The van der Waals surface area contributed by atoms with Crippen LogP contribution in [0.3, 0.4) is 0 Å². The lowest BCUT2D eigenvalue weighted by atomic mass is 10.0. The van der Waals surface area contributed by atoms with Crippen LogP contribution in [0.5, 0.6) is 0 Å². The largest absolute Gasteiger partial charge is 0.380 e. The zero-order valence-electron chi connectivity index (χ0n) is 16.8. The Morgan fingerprint density at radius 1 is 0.967 bits per heavy atom. The Hall–Kier alpha value is -3.45. The molecule has 5 rings (SSSR count). The van der Waals surface area contributed by atoms with Crippen molar-refractivity contribution in [3.63, 3.8) is 0 Å². The van der Waals surface area contributed by atoms with Crippen molar-refractivity contribution in [1.82, 2.24) is 19.9 Å². The van der Waals surface area contributed by atoms with E-state index in [9.17, 15) is 0 Å². The lowest BCUT2D eigenvalue weighted by Crippen LogP contribution is -2.28. The van der Waals surface area contributed by atoms with Gasteiger partial charge in [-0.1, -0.05) is 30.7 Å². The number of amidine groups is 1. The minimum absolute atomic E-state index is 0.208. The van der Waals surface area contributed by atoms with Gasteiger partial charge >= 0.3 is 0 Å². The number of rotatable bonds is 4. The van der Waals surface area contributed by atoms with Crippen LogP contribution in [0.25, 0.3) is 33.1 Å². The summed E-state index contributed by atoms with van der Waals surface area (Å²) in [7, 11) is 0. The van der Waals surface area contributed by atoms with E-state index in [1.807, 2.05) is 12.3 Å². The first-order valence-electron chi connectivity index (χ1n) is 10.3. The van der Waals surface area contributed by atoms with Crippen molar-refractivity contribution >= 4 is 27.8 Å². The molecule has 0 atom stereocenters. The van der Waals surface area contributed by atoms with E-state index in [0.29, 0.717) is 5.69 Å². The van der Waals surface area contributed by atoms with Gasteiger partial charge in [0, 0.05) is 29.1 Å². The van der Waals surface area contributed by atoms with E-state index in [1.165, 1.54) is 37.9 Å². The predicted molar refractivity (Wildman–Crippen MR) is 121 cm³/mol. The summed E-state index contributed by atoms with van der Waals surface area (Å²) in [6, 6.07) is 12.9. The molecule has 30 heavy (non-hydrogen) atoms. The third-order valence-corrected chi connectivity index (χ3v) is 5.88. The summed E-state index contributed by atoms with van der Waals surface area (Å²) >= 11 is 0.